The van der Waals surface area contributed by atoms with E-state index in [-0.39, 0.29) is 0 Å². The third-order valence-electron chi connectivity index (χ3n) is 6.30. The van der Waals surface area contributed by atoms with Gasteiger partial charge in [0, 0.05) is 37.4 Å². The first-order chi connectivity index (χ1) is 16.3. The second-order valence-electron chi connectivity index (χ2n) is 8.35. The molecule has 3 saturated heterocycles. The molecule has 0 spiro atoms. The van der Waals surface area contributed by atoms with Gasteiger partial charge in [-0.3, -0.25) is 4.90 Å². The van der Waals surface area contributed by atoms with Crippen LogP contribution < -0.4 is 5.11 Å². The van der Waals surface area contributed by atoms with Crippen LogP contribution in [0.15, 0.2) is 59.8 Å². The minimum Gasteiger partial charge on any atom is -0.545 e. The number of fused-ring (bicyclic) bond motifs is 3. The molecule has 178 valence electrons. The number of aliphatic imine (C=N–C) groups is 1. The molecule has 8 nitrogen and oxygen atoms in total. The van der Waals surface area contributed by atoms with Crippen molar-refractivity contribution in [1.29, 1.82) is 0 Å². The summed E-state index contributed by atoms with van der Waals surface area (Å²) in [6.45, 7) is 3.06. The van der Waals surface area contributed by atoms with Crippen LogP contribution in [0.5, 0.6) is 0 Å². The normalized spacial score (nSPS) is 26.7. The lowest BCUT2D eigenvalue weighted by molar-refractivity contribution is -0.297. The van der Waals surface area contributed by atoms with Crippen molar-refractivity contribution in [3.8, 4) is 11.8 Å². The van der Waals surface area contributed by atoms with E-state index in [9.17, 15) is 19.8 Å². The van der Waals surface area contributed by atoms with Gasteiger partial charge in [0.2, 0.25) is 0 Å². The number of carboxylic acids is 2. The number of ether oxygens (including phenoxy) is 1. The molecule has 4 aliphatic rings. The van der Waals surface area contributed by atoms with Crippen LogP contribution in [0, 0.1) is 23.7 Å². The van der Waals surface area contributed by atoms with Gasteiger partial charge in [-0.15, -0.1) is 0 Å². The molecular formula is C26H28N2O6. The Morgan fingerprint density at radius 3 is 2.47 bits per heavy atom. The molecule has 3 fully saturated rings. The van der Waals surface area contributed by atoms with E-state index in [2.05, 4.69) is 21.7 Å². The Morgan fingerprint density at radius 2 is 2.00 bits per heavy atom. The van der Waals surface area contributed by atoms with Gasteiger partial charge >= 0.3 is 11.6 Å². The van der Waals surface area contributed by atoms with Gasteiger partial charge in [-0.25, -0.2) is 9.79 Å². The summed E-state index contributed by atoms with van der Waals surface area (Å²) in [6.07, 6.45) is 9.23. The lowest BCUT2D eigenvalue weighted by Gasteiger charge is -2.49. The van der Waals surface area contributed by atoms with Gasteiger partial charge in [-0.05, 0) is 44.0 Å². The van der Waals surface area contributed by atoms with Gasteiger partial charge in [0.1, 0.15) is 12.0 Å². The monoisotopic (exact) mass is 464 g/mol. The molecule has 34 heavy (non-hydrogen) atoms. The summed E-state index contributed by atoms with van der Waals surface area (Å²) < 4.78 is 5.95. The van der Waals surface area contributed by atoms with Crippen molar-refractivity contribution >= 4 is 18.2 Å². The van der Waals surface area contributed by atoms with Crippen LogP contribution in [-0.4, -0.2) is 65.6 Å². The Morgan fingerprint density at radius 1 is 1.29 bits per heavy atom. The van der Waals surface area contributed by atoms with Gasteiger partial charge in [-0.2, -0.15) is 0 Å². The van der Waals surface area contributed by atoms with Crippen molar-refractivity contribution in [2.24, 2.45) is 10.9 Å². The number of nitrogens with zero attached hydrogens (tertiary/aromatic N) is 2. The first kappa shape index (κ1) is 25.2. The molecule has 2 atom stereocenters. The van der Waals surface area contributed by atoms with Gasteiger partial charge in [0.25, 0.3) is 0 Å². The summed E-state index contributed by atoms with van der Waals surface area (Å²) in [6, 6.07) is 9.64. The van der Waals surface area contributed by atoms with E-state index in [1.54, 1.807) is 19.5 Å². The molecule has 1 aromatic rings. The lowest BCUT2D eigenvalue weighted by Crippen LogP contribution is -2.59. The van der Waals surface area contributed by atoms with Gasteiger partial charge in [-0.1, -0.05) is 36.3 Å². The molecular weight excluding hydrogens is 436 g/mol. The number of allylic oxidation sites excluding steroid dienone is 1. The largest absolute Gasteiger partial charge is 0.545 e. The fourth-order valence-electron chi connectivity index (χ4n) is 4.46. The highest BCUT2D eigenvalue weighted by Gasteiger charge is 2.50. The quantitative estimate of drug-likeness (QED) is 0.378. The number of benzene rings is 1. The van der Waals surface area contributed by atoms with Crippen molar-refractivity contribution in [1.82, 2.24) is 4.90 Å². The number of aliphatic carboxylic acids is 2. The number of piperidine rings is 3. The Bertz CT molecular complexity index is 1000. The topological polar surface area (TPSA) is 122 Å². The minimum absolute atomic E-state index is 0.426. The van der Waals surface area contributed by atoms with Crippen LogP contribution in [0.3, 0.4) is 0 Å². The average Bonchev–Trinajstić information content (AvgIpc) is 2.88. The first-order valence-corrected chi connectivity index (χ1v) is 11.1. The van der Waals surface area contributed by atoms with Crippen molar-refractivity contribution in [3.63, 3.8) is 0 Å². The van der Waals surface area contributed by atoms with Crippen LogP contribution in [-0.2, 0) is 19.9 Å². The second kappa shape index (κ2) is 11.2. The van der Waals surface area contributed by atoms with Crippen LogP contribution in [0.1, 0.15) is 24.8 Å². The van der Waals surface area contributed by atoms with E-state index in [0.717, 1.165) is 44.0 Å². The maximum atomic E-state index is 11.6. The molecule has 5 rings (SSSR count). The maximum absolute atomic E-state index is 11.6. The molecule has 0 amide bonds. The van der Waals surface area contributed by atoms with Gasteiger partial charge < -0.3 is 24.9 Å². The highest BCUT2D eigenvalue weighted by molar-refractivity contribution is 5.88. The van der Waals surface area contributed by atoms with Crippen molar-refractivity contribution in [2.45, 2.75) is 30.5 Å². The number of carbonyl (C=O) groups is 2. The molecule has 0 aromatic heterocycles. The number of hydrogen-bond donors (Lipinski definition) is 2. The highest BCUT2D eigenvalue weighted by Crippen LogP contribution is 2.39. The summed E-state index contributed by atoms with van der Waals surface area (Å²) >= 11 is 0. The summed E-state index contributed by atoms with van der Waals surface area (Å²) in [5.74, 6) is 5.02. The molecule has 0 radical (unpaired) electrons. The Labute approximate surface area is 199 Å². The highest BCUT2D eigenvalue weighted by atomic mass is 16.5. The molecule has 2 N–H and O–H groups in total. The minimum atomic E-state index is -1.51. The summed E-state index contributed by atoms with van der Waals surface area (Å²) in [4.78, 5) is 25.6. The molecule has 4 aliphatic heterocycles. The van der Waals surface area contributed by atoms with E-state index >= 15 is 0 Å². The van der Waals surface area contributed by atoms with Crippen molar-refractivity contribution in [2.75, 3.05) is 26.7 Å². The van der Waals surface area contributed by atoms with Crippen LogP contribution in [0.25, 0.3) is 0 Å². The lowest BCUT2D eigenvalue weighted by atomic mass is 9.74. The SMILES string of the molecule is CO[C@]1(C#C[C@](O)(c2ccccc2)[C+]2C=NC=CC2)CN2CCC1CC2.O=C([O-])/C=C\C(=O)O. The third kappa shape index (κ3) is 5.94. The zero-order valence-corrected chi connectivity index (χ0v) is 19.0. The number of aliphatic hydroxyl groups is 1. The molecule has 0 saturated carbocycles. The number of rotatable bonds is 5. The second-order valence-corrected chi connectivity index (χ2v) is 8.35. The fourth-order valence-corrected chi connectivity index (χ4v) is 4.46. The molecule has 0 unspecified atom stereocenters. The maximum Gasteiger partial charge on any atom is 0.328 e. The predicted molar refractivity (Wildman–Crippen MR) is 124 cm³/mol. The Balaban J connectivity index is 0.000000350. The number of carboxylic acid groups (broad SMARTS) is 2. The standard InChI is InChI=1S/C22H25N2O2.C4H4O4/c1-26-21(17-24-14-9-18(21)10-15-24)11-12-22(25,19-6-3-2-4-7-19)20-8-5-13-23-16-20;5-3(6)1-2-4(7)8/h2-7,13,16,18,25H,8-10,14-15,17H2,1H3;1-2H,(H,5,6)(H,7,8)/q+1;/p-1/b;2-1-/t21-,22+;/m1./s1. The zero-order chi connectivity index (χ0) is 24.6. The molecule has 2 bridgehead atoms. The summed E-state index contributed by atoms with van der Waals surface area (Å²) in [5, 5.41) is 28.8. The van der Waals surface area contributed by atoms with E-state index in [1.165, 1.54) is 0 Å². The molecule has 8 heteroatoms. The molecule has 1 aromatic carbocycles. The summed E-state index contributed by atoms with van der Waals surface area (Å²) in [7, 11) is 1.75. The van der Waals surface area contributed by atoms with E-state index in [4.69, 9.17) is 9.84 Å². The molecule has 0 aliphatic carbocycles. The van der Waals surface area contributed by atoms with Crippen molar-refractivity contribution in [3.05, 3.63) is 66.2 Å². The van der Waals surface area contributed by atoms with Crippen LogP contribution in [0.2, 0.25) is 0 Å². The number of hydrogen-bond acceptors (Lipinski definition) is 7. The van der Waals surface area contributed by atoms with Gasteiger partial charge in [0.05, 0.1) is 5.97 Å². The fraction of sp³-hybridized carbons (Fsp3) is 0.385. The predicted octanol–water partition coefficient (Wildman–Crippen LogP) is 0.928. The van der Waals surface area contributed by atoms with E-state index in [1.807, 2.05) is 36.4 Å². The van der Waals surface area contributed by atoms with Crippen molar-refractivity contribution < 1.29 is 29.6 Å². The zero-order valence-electron chi connectivity index (χ0n) is 19.0. The van der Waals surface area contributed by atoms with Gasteiger partial charge in [0.15, 0.2) is 12.1 Å². The van der Waals surface area contributed by atoms with Crippen LogP contribution in [0.4, 0.5) is 0 Å². The molecule has 4 heterocycles. The number of carbonyl (C=O) groups excluding carboxylic acids is 1. The smallest absolute Gasteiger partial charge is 0.328 e. The van der Waals surface area contributed by atoms with E-state index in [0.29, 0.717) is 24.5 Å². The first-order valence-electron chi connectivity index (χ1n) is 11.1. The average molecular weight is 465 g/mol. The van der Waals surface area contributed by atoms with E-state index < -0.39 is 23.1 Å². The third-order valence-corrected chi connectivity index (χ3v) is 6.30. The summed E-state index contributed by atoms with van der Waals surface area (Å²) in [5.41, 5.74) is -1.08. The number of methoxy groups -OCH3 is 1. The van der Waals surface area contributed by atoms with Crippen LogP contribution >= 0.6 is 0 Å². The Kier molecular flexibility index (Phi) is 8.29. The Hall–Kier alpha value is -3.38.